The summed E-state index contributed by atoms with van der Waals surface area (Å²) in [5, 5.41) is 6.14. The summed E-state index contributed by atoms with van der Waals surface area (Å²) in [5.74, 6) is 1.25. The first-order valence-corrected chi connectivity index (χ1v) is 9.57. The summed E-state index contributed by atoms with van der Waals surface area (Å²) in [5.41, 5.74) is 6.11. The SMILES string of the molecule is [NH3+]CCCC/C(=C\c1ccc(Br)cc1)c1nc(-c2cccs2)no1. The van der Waals surface area contributed by atoms with E-state index >= 15 is 0 Å². The minimum absolute atomic E-state index is 0.602. The number of aromatic nitrogens is 2. The lowest BCUT2D eigenvalue weighted by molar-refractivity contribution is -0.368. The third kappa shape index (κ3) is 4.41. The van der Waals surface area contributed by atoms with Crippen LogP contribution in [-0.2, 0) is 0 Å². The number of hydrogen-bond acceptors (Lipinski definition) is 4. The van der Waals surface area contributed by atoms with Crippen molar-refractivity contribution in [2.45, 2.75) is 19.3 Å². The topological polar surface area (TPSA) is 66.6 Å². The number of halogens is 1. The van der Waals surface area contributed by atoms with Crippen LogP contribution in [0.2, 0.25) is 0 Å². The molecule has 0 radical (unpaired) electrons. The van der Waals surface area contributed by atoms with Gasteiger partial charge in [0.2, 0.25) is 5.82 Å². The van der Waals surface area contributed by atoms with Crippen LogP contribution in [0.15, 0.2) is 50.8 Å². The highest BCUT2D eigenvalue weighted by Crippen LogP contribution is 2.27. The Bertz CT molecular complexity index is 794. The third-order valence-corrected chi connectivity index (χ3v) is 4.99. The van der Waals surface area contributed by atoms with Crippen LogP contribution >= 0.6 is 27.3 Å². The first-order valence-electron chi connectivity index (χ1n) is 7.89. The lowest BCUT2D eigenvalue weighted by Crippen LogP contribution is -2.50. The van der Waals surface area contributed by atoms with Gasteiger partial charge >= 0.3 is 0 Å². The average Bonchev–Trinajstić information content (AvgIpc) is 3.27. The van der Waals surface area contributed by atoms with E-state index in [0.717, 1.165) is 46.3 Å². The molecule has 0 aliphatic rings. The fraction of sp³-hybridized carbons (Fsp3) is 0.222. The minimum Gasteiger partial charge on any atom is -0.358 e. The second kappa shape index (κ2) is 8.37. The fourth-order valence-electron chi connectivity index (χ4n) is 2.35. The van der Waals surface area contributed by atoms with Gasteiger partial charge in [0.1, 0.15) is 0 Å². The molecule has 0 aliphatic carbocycles. The van der Waals surface area contributed by atoms with Gasteiger partial charge in [0.25, 0.3) is 5.89 Å². The third-order valence-electron chi connectivity index (χ3n) is 3.60. The summed E-state index contributed by atoms with van der Waals surface area (Å²) in [6.45, 7) is 0.940. The Hall–Kier alpha value is -1.76. The monoisotopic (exact) mass is 404 g/mol. The number of nitrogens with zero attached hydrogens (tertiary/aromatic N) is 2. The second-order valence-corrected chi connectivity index (χ2v) is 7.30. The standard InChI is InChI=1S/C18H18BrN3OS/c19-15-8-6-13(7-9-15)12-14(4-1-2-10-20)18-21-17(22-23-18)16-5-3-11-24-16/h3,5-9,11-12H,1-2,4,10,20H2/p+1/b14-12+. The molecule has 0 spiro atoms. The highest BCUT2D eigenvalue weighted by molar-refractivity contribution is 9.10. The normalized spacial score (nSPS) is 11.8. The Morgan fingerprint density at radius 2 is 2.04 bits per heavy atom. The van der Waals surface area contributed by atoms with Gasteiger partial charge in [-0.15, -0.1) is 11.3 Å². The van der Waals surface area contributed by atoms with Crippen molar-refractivity contribution in [1.82, 2.24) is 10.1 Å². The maximum Gasteiger partial charge on any atom is 0.254 e. The van der Waals surface area contributed by atoms with Crippen molar-refractivity contribution in [3.8, 4) is 10.7 Å². The van der Waals surface area contributed by atoms with Gasteiger partial charge in [-0.25, -0.2) is 0 Å². The molecule has 6 heteroatoms. The van der Waals surface area contributed by atoms with Crippen LogP contribution < -0.4 is 5.73 Å². The zero-order valence-corrected chi connectivity index (χ0v) is 15.6. The molecule has 24 heavy (non-hydrogen) atoms. The molecule has 3 N–H and O–H groups in total. The van der Waals surface area contributed by atoms with Crippen LogP contribution in [0.5, 0.6) is 0 Å². The Morgan fingerprint density at radius 1 is 1.21 bits per heavy atom. The van der Waals surface area contributed by atoms with E-state index < -0.39 is 0 Å². The van der Waals surface area contributed by atoms with Gasteiger partial charge in [-0.3, -0.25) is 0 Å². The second-order valence-electron chi connectivity index (χ2n) is 5.43. The molecule has 0 atom stereocenters. The quantitative estimate of drug-likeness (QED) is 0.588. The van der Waals surface area contributed by atoms with Crippen LogP contribution in [0.25, 0.3) is 22.4 Å². The van der Waals surface area contributed by atoms with Crippen molar-refractivity contribution in [2.75, 3.05) is 6.54 Å². The van der Waals surface area contributed by atoms with E-state index in [2.05, 4.69) is 50.0 Å². The number of unbranched alkanes of at least 4 members (excludes halogenated alkanes) is 1. The van der Waals surface area contributed by atoms with E-state index in [1.165, 1.54) is 0 Å². The molecule has 2 aromatic heterocycles. The van der Waals surface area contributed by atoms with Crippen molar-refractivity contribution in [1.29, 1.82) is 0 Å². The number of rotatable bonds is 7. The highest BCUT2D eigenvalue weighted by Gasteiger charge is 2.13. The molecule has 2 heterocycles. The Kier molecular flexibility index (Phi) is 5.96. The van der Waals surface area contributed by atoms with Crippen LogP contribution in [0.4, 0.5) is 0 Å². The van der Waals surface area contributed by atoms with Gasteiger partial charge < -0.3 is 10.3 Å². The summed E-state index contributed by atoms with van der Waals surface area (Å²) < 4.78 is 6.60. The number of thiophene rings is 1. The maximum atomic E-state index is 5.53. The lowest BCUT2D eigenvalue weighted by atomic mass is 10.0. The molecule has 0 unspecified atom stereocenters. The van der Waals surface area contributed by atoms with E-state index in [0.29, 0.717) is 11.7 Å². The van der Waals surface area contributed by atoms with Crippen molar-refractivity contribution in [2.24, 2.45) is 0 Å². The van der Waals surface area contributed by atoms with Crippen LogP contribution in [-0.4, -0.2) is 16.7 Å². The summed E-state index contributed by atoms with van der Waals surface area (Å²) in [6, 6.07) is 12.2. The van der Waals surface area contributed by atoms with Gasteiger partial charge in [0, 0.05) is 10.0 Å². The Balaban J connectivity index is 1.88. The molecule has 4 nitrogen and oxygen atoms in total. The smallest absolute Gasteiger partial charge is 0.254 e. The van der Waals surface area contributed by atoms with Crippen molar-refractivity contribution >= 4 is 38.9 Å². The largest absolute Gasteiger partial charge is 0.358 e. The zero-order valence-electron chi connectivity index (χ0n) is 13.2. The molecule has 0 amide bonds. The predicted octanol–water partition coefficient (Wildman–Crippen LogP) is 4.51. The maximum absolute atomic E-state index is 5.53. The van der Waals surface area contributed by atoms with Crippen molar-refractivity contribution in [3.05, 3.63) is 57.7 Å². The van der Waals surface area contributed by atoms with E-state index in [4.69, 9.17) is 4.52 Å². The number of hydrogen-bond donors (Lipinski definition) is 1. The van der Waals surface area contributed by atoms with Crippen molar-refractivity contribution < 1.29 is 10.3 Å². The summed E-state index contributed by atoms with van der Waals surface area (Å²) in [6.07, 6.45) is 5.17. The minimum atomic E-state index is 0.602. The first kappa shape index (κ1) is 17.1. The molecule has 1 aromatic carbocycles. The van der Waals surface area contributed by atoms with E-state index in [9.17, 15) is 0 Å². The first-order chi connectivity index (χ1) is 11.8. The number of benzene rings is 1. The summed E-state index contributed by atoms with van der Waals surface area (Å²) >= 11 is 5.08. The lowest BCUT2D eigenvalue weighted by Gasteiger charge is -2.03. The molecule has 0 fully saturated rings. The summed E-state index contributed by atoms with van der Waals surface area (Å²) in [7, 11) is 0. The van der Waals surface area contributed by atoms with E-state index in [1.807, 2.05) is 29.6 Å². The Labute approximate surface area is 153 Å². The molecule has 0 bridgehead atoms. The van der Waals surface area contributed by atoms with E-state index in [-0.39, 0.29) is 0 Å². The van der Waals surface area contributed by atoms with E-state index in [1.54, 1.807) is 11.3 Å². The molecule has 0 saturated carbocycles. The average molecular weight is 405 g/mol. The van der Waals surface area contributed by atoms with Gasteiger partial charge in [0.15, 0.2) is 0 Å². The molecule has 3 rings (SSSR count). The van der Waals surface area contributed by atoms with Gasteiger partial charge in [-0.2, -0.15) is 4.98 Å². The van der Waals surface area contributed by atoms with Crippen LogP contribution in [0.3, 0.4) is 0 Å². The molecular weight excluding hydrogens is 386 g/mol. The molecule has 0 aliphatic heterocycles. The zero-order chi connectivity index (χ0) is 16.8. The van der Waals surface area contributed by atoms with Gasteiger partial charge in [-0.1, -0.05) is 39.3 Å². The van der Waals surface area contributed by atoms with Crippen LogP contribution in [0.1, 0.15) is 30.7 Å². The number of quaternary nitrogens is 1. The van der Waals surface area contributed by atoms with Crippen molar-refractivity contribution in [3.63, 3.8) is 0 Å². The molecular formula is C18H19BrN3OS+. The Morgan fingerprint density at radius 3 is 2.75 bits per heavy atom. The van der Waals surface area contributed by atoms with Crippen LogP contribution in [0, 0.1) is 0 Å². The number of allylic oxidation sites excluding steroid dienone is 1. The molecule has 124 valence electrons. The van der Waals surface area contributed by atoms with Gasteiger partial charge in [0.05, 0.1) is 11.4 Å². The highest BCUT2D eigenvalue weighted by atomic mass is 79.9. The molecule has 3 aromatic rings. The van der Waals surface area contributed by atoms with Gasteiger partial charge in [-0.05, 0) is 54.5 Å². The summed E-state index contributed by atoms with van der Waals surface area (Å²) in [4.78, 5) is 5.60. The fourth-order valence-corrected chi connectivity index (χ4v) is 3.27. The predicted molar refractivity (Wildman–Crippen MR) is 101 cm³/mol. The molecule has 0 saturated heterocycles.